The third-order valence-corrected chi connectivity index (χ3v) is 4.28. The molecule has 0 aliphatic carbocycles. The second kappa shape index (κ2) is 8.36. The van der Waals surface area contributed by atoms with E-state index in [0.717, 1.165) is 23.5 Å². The number of nitrogens with one attached hydrogen (secondary N) is 2. The van der Waals surface area contributed by atoms with Gasteiger partial charge in [-0.3, -0.25) is 25.0 Å². The van der Waals surface area contributed by atoms with Crippen molar-refractivity contribution in [1.29, 1.82) is 0 Å². The highest BCUT2D eigenvalue weighted by atomic mass is 35.5. The van der Waals surface area contributed by atoms with E-state index in [1.54, 1.807) is 24.3 Å². The molecule has 1 amide bonds. The number of carbonyl (C=O) groups excluding carboxylic acids is 1. The highest BCUT2D eigenvalue weighted by molar-refractivity contribution is 6.35. The molecule has 29 heavy (non-hydrogen) atoms. The van der Waals surface area contributed by atoms with Crippen LogP contribution in [0.3, 0.4) is 0 Å². The Balaban J connectivity index is 1.79. The average Bonchev–Trinajstić information content (AvgIpc) is 2.70. The van der Waals surface area contributed by atoms with Crippen LogP contribution in [0.2, 0.25) is 5.02 Å². The van der Waals surface area contributed by atoms with E-state index < -0.39 is 32.2 Å². The minimum atomic E-state index is -0.879. The van der Waals surface area contributed by atoms with Crippen molar-refractivity contribution in [2.45, 2.75) is 0 Å². The number of hydrogen-bond acceptors (Lipinski definition) is 6. The third-order valence-electron chi connectivity index (χ3n) is 3.90. The molecule has 9 nitrogen and oxygen atoms in total. The summed E-state index contributed by atoms with van der Waals surface area (Å²) in [6.07, 6.45) is 0. The van der Waals surface area contributed by atoms with Crippen molar-refractivity contribution >= 4 is 45.9 Å². The van der Waals surface area contributed by atoms with Crippen LogP contribution in [0.1, 0.15) is 10.4 Å². The fraction of sp³-hybridized carbons (Fsp3) is 0. The van der Waals surface area contributed by atoms with E-state index in [4.69, 9.17) is 11.6 Å². The predicted molar refractivity (Wildman–Crippen MR) is 109 cm³/mol. The molecule has 0 atom stereocenters. The molecule has 3 aromatic carbocycles. The van der Waals surface area contributed by atoms with E-state index in [0.29, 0.717) is 5.69 Å². The molecule has 0 radical (unpaired) electrons. The zero-order chi connectivity index (χ0) is 21.0. The maximum Gasteiger partial charge on any atom is 0.295 e. The summed E-state index contributed by atoms with van der Waals surface area (Å²) < 4.78 is 0. The van der Waals surface area contributed by atoms with Crippen molar-refractivity contribution in [3.63, 3.8) is 0 Å². The molecule has 10 heteroatoms. The third kappa shape index (κ3) is 4.66. The van der Waals surface area contributed by atoms with Gasteiger partial charge in [-0.05, 0) is 36.4 Å². The molecule has 0 saturated carbocycles. The smallest absolute Gasteiger partial charge is 0.295 e. The van der Waals surface area contributed by atoms with Gasteiger partial charge in [0.1, 0.15) is 0 Å². The van der Waals surface area contributed by atoms with Crippen molar-refractivity contribution in [3.8, 4) is 0 Å². The number of hydrogen-bond donors (Lipinski definition) is 2. The van der Waals surface area contributed by atoms with Crippen LogP contribution in [0.15, 0.2) is 66.7 Å². The summed E-state index contributed by atoms with van der Waals surface area (Å²) in [5.41, 5.74) is 0.409. The monoisotopic (exact) mass is 412 g/mol. The topological polar surface area (TPSA) is 127 Å². The minimum absolute atomic E-state index is 0.251. The Bertz CT molecular complexity index is 1050. The lowest BCUT2D eigenvalue weighted by Crippen LogP contribution is -2.13. The fourth-order valence-electron chi connectivity index (χ4n) is 2.52. The van der Waals surface area contributed by atoms with Gasteiger partial charge in [-0.25, -0.2) is 0 Å². The molecule has 0 heterocycles. The maximum atomic E-state index is 12.4. The molecule has 0 aromatic heterocycles. The fourth-order valence-corrected chi connectivity index (χ4v) is 2.77. The number of nitrogens with zero attached hydrogens (tertiary/aromatic N) is 2. The normalized spacial score (nSPS) is 10.2. The standard InChI is InChI=1S/C19H13ClN4O5/c20-18-16(23(26)27)10-12(11-17(18)24(28)29)19(25)22-15-8-6-14(7-9-15)21-13-4-2-1-3-5-13/h1-11,21H,(H,22,25). The van der Waals surface area contributed by atoms with Crippen LogP contribution in [0, 0.1) is 20.2 Å². The minimum Gasteiger partial charge on any atom is -0.356 e. The van der Waals surface area contributed by atoms with Gasteiger partial charge in [0.2, 0.25) is 0 Å². The van der Waals surface area contributed by atoms with Gasteiger partial charge < -0.3 is 10.6 Å². The molecule has 0 saturated heterocycles. The van der Waals surface area contributed by atoms with Crippen molar-refractivity contribution in [3.05, 3.63) is 97.5 Å². The molecule has 3 aromatic rings. The first-order valence-corrected chi connectivity index (χ1v) is 8.59. The van der Waals surface area contributed by atoms with Gasteiger partial charge in [0.05, 0.1) is 15.4 Å². The van der Waals surface area contributed by atoms with Crippen LogP contribution in [-0.4, -0.2) is 15.8 Å². The van der Waals surface area contributed by atoms with E-state index in [9.17, 15) is 25.0 Å². The quantitative estimate of drug-likeness (QED) is 0.425. The number of nitro benzene ring substituents is 2. The molecule has 0 fully saturated rings. The van der Waals surface area contributed by atoms with Gasteiger partial charge in [0.25, 0.3) is 17.3 Å². The number of benzene rings is 3. The number of nitro groups is 2. The van der Waals surface area contributed by atoms with E-state index in [-0.39, 0.29) is 5.56 Å². The molecule has 146 valence electrons. The van der Waals surface area contributed by atoms with Crippen molar-refractivity contribution < 1.29 is 14.6 Å². The number of rotatable bonds is 6. The molecule has 0 bridgehead atoms. The summed E-state index contributed by atoms with van der Waals surface area (Å²) >= 11 is 5.70. The summed E-state index contributed by atoms with van der Waals surface area (Å²) in [6.45, 7) is 0. The second-order valence-corrected chi connectivity index (χ2v) is 6.24. The average molecular weight is 413 g/mol. The van der Waals surface area contributed by atoms with Gasteiger partial charge in [0.15, 0.2) is 5.02 Å². The Morgan fingerprint density at radius 3 is 1.79 bits per heavy atom. The van der Waals surface area contributed by atoms with Crippen molar-refractivity contribution in [2.75, 3.05) is 10.6 Å². The Hall–Kier alpha value is -3.98. The van der Waals surface area contributed by atoms with Gasteiger partial charge in [-0.2, -0.15) is 0 Å². The number of anilines is 3. The van der Waals surface area contributed by atoms with E-state index >= 15 is 0 Å². The predicted octanol–water partition coefficient (Wildman–Crippen LogP) is 5.15. The van der Waals surface area contributed by atoms with Crippen LogP contribution in [-0.2, 0) is 0 Å². The molecule has 2 N–H and O–H groups in total. The molecule has 0 aliphatic heterocycles. The summed E-state index contributed by atoms with van der Waals surface area (Å²) in [4.78, 5) is 32.8. The largest absolute Gasteiger partial charge is 0.356 e. The lowest BCUT2D eigenvalue weighted by Gasteiger charge is -2.09. The summed E-state index contributed by atoms with van der Waals surface area (Å²) in [5.74, 6) is -0.739. The Labute approximate surface area is 169 Å². The Morgan fingerprint density at radius 1 is 0.793 bits per heavy atom. The van der Waals surface area contributed by atoms with Crippen LogP contribution in [0.25, 0.3) is 0 Å². The first-order chi connectivity index (χ1) is 13.8. The molecule has 0 spiro atoms. The van der Waals surface area contributed by atoms with Gasteiger partial charge in [0, 0.05) is 29.2 Å². The Morgan fingerprint density at radius 2 is 1.28 bits per heavy atom. The molecule has 3 rings (SSSR count). The molecular weight excluding hydrogens is 400 g/mol. The second-order valence-electron chi connectivity index (χ2n) is 5.87. The lowest BCUT2D eigenvalue weighted by molar-refractivity contribution is -0.393. The lowest BCUT2D eigenvalue weighted by atomic mass is 10.1. The first kappa shape index (κ1) is 19.8. The summed E-state index contributed by atoms with van der Waals surface area (Å²) in [7, 11) is 0. The van der Waals surface area contributed by atoms with Gasteiger partial charge in [-0.1, -0.05) is 29.8 Å². The number of para-hydroxylation sites is 1. The summed E-state index contributed by atoms with van der Waals surface area (Å²) in [6, 6.07) is 18.0. The highest BCUT2D eigenvalue weighted by Gasteiger charge is 2.27. The zero-order valence-electron chi connectivity index (χ0n) is 14.7. The van der Waals surface area contributed by atoms with E-state index in [1.807, 2.05) is 30.3 Å². The molecule has 0 aliphatic rings. The van der Waals surface area contributed by atoms with Crippen LogP contribution in [0.4, 0.5) is 28.4 Å². The van der Waals surface area contributed by atoms with Crippen molar-refractivity contribution in [2.24, 2.45) is 0 Å². The Kier molecular flexibility index (Phi) is 5.70. The van der Waals surface area contributed by atoms with Crippen LogP contribution >= 0.6 is 11.6 Å². The zero-order valence-corrected chi connectivity index (χ0v) is 15.4. The molecule has 0 unspecified atom stereocenters. The summed E-state index contributed by atoms with van der Waals surface area (Å²) in [5, 5.41) is 27.3. The maximum absolute atomic E-state index is 12.4. The van der Waals surface area contributed by atoms with Gasteiger partial charge >= 0.3 is 0 Å². The van der Waals surface area contributed by atoms with Crippen LogP contribution in [0.5, 0.6) is 0 Å². The van der Waals surface area contributed by atoms with Crippen LogP contribution < -0.4 is 10.6 Å². The number of amides is 1. The van der Waals surface area contributed by atoms with Crippen molar-refractivity contribution in [1.82, 2.24) is 0 Å². The van der Waals surface area contributed by atoms with Gasteiger partial charge in [-0.15, -0.1) is 0 Å². The van der Waals surface area contributed by atoms with E-state index in [2.05, 4.69) is 10.6 Å². The van der Waals surface area contributed by atoms with E-state index in [1.165, 1.54) is 0 Å². The first-order valence-electron chi connectivity index (χ1n) is 8.21. The molecular formula is C19H13ClN4O5. The highest BCUT2D eigenvalue weighted by Crippen LogP contribution is 2.35. The number of carbonyl (C=O) groups is 1. The number of halogens is 1. The SMILES string of the molecule is O=C(Nc1ccc(Nc2ccccc2)cc1)c1cc([N+](=O)[O-])c(Cl)c([N+](=O)[O-])c1.